The Kier molecular flexibility index (Phi) is 3.77. The minimum Gasteiger partial charge on any atom is -0.437 e. The number of aromatic nitrogens is 1. The van der Waals surface area contributed by atoms with Crippen molar-refractivity contribution < 1.29 is 4.42 Å². The molecule has 0 aliphatic carbocycles. The summed E-state index contributed by atoms with van der Waals surface area (Å²) in [7, 11) is 0. The fourth-order valence-electron chi connectivity index (χ4n) is 1.24. The smallest absolute Gasteiger partial charge is 0.266 e. The minimum atomic E-state index is -1.63. The average molecular weight is 289 g/mol. The zero-order valence-electron chi connectivity index (χ0n) is 8.61. The highest BCUT2D eigenvalue weighted by atomic mass is 35.6. The zero-order chi connectivity index (χ0) is 12.3. The van der Waals surface area contributed by atoms with E-state index in [9.17, 15) is 0 Å². The Morgan fingerprint density at radius 3 is 2.35 bits per heavy atom. The van der Waals surface area contributed by atoms with Gasteiger partial charge in [0, 0.05) is 0 Å². The van der Waals surface area contributed by atoms with Gasteiger partial charge in [-0.05, 0) is 11.6 Å². The molecular formula is C12H8Cl3NO. The summed E-state index contributed by atoms with van der Waals surface area (Å²) in [5, 5.41) is 0. The van der Waals surface area contributed by atoms with Crippen molar-refractivity contribution in [3.63, 3.8) is 0 Å². The Hall–Kier alpha value is -0.960. The number of alkyl halides is 3. The largest absolute Gasteiger partial charge is 0.437 e. The van der Waals surface area contributed by atoms with Crippen LogP contribution in [-0.4, -0.2) is 4.98 Å². The summed E-state index contributed by atoms with van der Waals surface area (Å²) in [6.07, 6.45) is 5.17. The van der Waals surface area contributed by atoms with Crippen molar-refractivity contribution in [2.45, 2.75) is 3.79 Å². The summed E-state index contributed by atoms with van der Waals surface area (Å²) in [5.74, 6) is 0.602. The number of benzene rings is 1. The van der Waals surface area contributed by atoms with Gasteiger partial charge in [0.2, 0.25) is 5.89 Å². The van der Waals surface area contributed by atoms with Crippen molar-refractivity contribution in [3.05, 3.63) is 53.7 Å². The SMILES string of the molecule is ClC(Cl)(Cl)c1ncc(C=Cc2ccccc2)o1. The van der Waals surface area contributed by atoms with Gasteiger partial charge in [0.1, 0.15) is 5.76 Å². The van der Waals surface area contributed by atoms with Gasteiger partial charge in [0.25, 0.3) is 3.79 Å². The first-order chi connectivity index (χ1) is 8.05. The maximum absolute atomic E-state index is 5.64. The Balaban J connectivity index is 2.15. The maximum Gasteiger partial charge on any atom is 0.266 e. The van der Waals surface area contributed by atoms with Gasteiger partial charge in [-0.2, -0.15) is 0 Å². The average Bonchev–Trinajstić information content (AvgIpc) is 2.76. The second-order valence-electron chi connectivity index (χ2n) is 3.31. The molecule has 2 nitrogen and oxygen atoms in total. The van der Waals surface area contributed by atoms with Gasteiger partial charge >= 0.3 is 0 Å². The molecule has 0 amide bonds. The summed E-state index contributed by atoms with van der Waals surface area (Å²) in [6.45, 7) is 0. The molecule has 5 heteroatoms. The van der Waals surface area contributed by atoms with Crippen LogP contribution in [0.3, 0.4) is 0 Å². The molecule has 0 spiro atoms. The Labute approximate surface area is 114 Å². The molecule has 17 heavy (non-hydrogen) atoms. The molecule has 0 fully saturated rings. The summed E-state index contributed by atoms with van der Waals surface area (Å²) < 4.78 is 3.65. The number of hydrogen-bond acceptors (Lipinski definition) is 2. The van der Waals surface area contributed by atoms with Gasteiger partial charge in [-0.15, -0.1) is 0 Å². The Morgan fingerprint density at radius 2 is 1.76 bits per heavy atom. The van der Waals surface area contributed by atoms with Gasteiger partial charge in [-0.25, -0.2) is 4.98 Å². The van der Waals surface area contributed by atoms with Crippen LogP contribution < -0.4 is 0 Å². The quantitative estimate of drug-likeness (QED) is 0.750. The Morgan fingerprint density at radius 1 is 1.06 bits per heavy atom. The van der Waals surface area contributed by atoms with Crippen LogP contribution in [0.4, 0.5) is 0 Å². The van der Waals surface area contributed by atoms with E-state index in [1.807, 2.05) is 36.4 Å². The molecular weight excluding hydrogens is 280 g/mol. The molecule has 0 atom stereocenters. The van der Waals surface area contributed by atoms with Crippen LogP contribution in [0.2, 0.25) is 0 Å². The molecule has 2 rings (SSSR count). The zero-order valence-corrected chi connectivity index (χ0v) is 10.9. The van der Waals surface area contributed by atoms with E-state index in [0.29, 0.717) is 5.76 Å². The van der Waals surface area contributed by atoms with E-state index >= 15 is 0 Å². The fourth-order valence-corrected chi connectivity index (χ4v) is 1.50. The van der Waals surface area contributed by atoms with Gasteiger partial charge < -0.3 is 4.42 Å². The van der Waals surface area contributed by atoms with Crippen LogP contribution in [0, 0.1) is 0 Å². The van der Waals surface area contributed by atoms with Gasteiger partial charge in [0.05, 0.1) is 6.20 Å². The van der Waals surface area contributed by atoms with Crippen molar-refractivity contribution in [1.29, 1.82) is 0 Å². The third-order valence-corrected chi connectivity index (χ3v) is 2.49. The number of oxazole rings is 1. The van der Waals surface area contributed by atoms with E-state index in [1.165, 1.54) is 6.20 Å². The lowest BCUT2D eigenvalue weighted by molar-refractivity contribution is 0.495. The normalized spacial score (nSPS) is 12.2. The highest BCUT2D eigenvalue weighted by molar-refractivity contribution is 6.66. The van der Waals surface area contributed by atoms with Gasteiger partial charge in [0.15, 0.2) is 0 Å². The molecule has 0 unspecified atom stereocenters. The molecule has 1 aromatic carbocycles. The number of rotatable bonds is 2. The summed E-state index contributed by atoms with van der Waals surface area (Å²) in [5.41, 5.74) is 1.05. The lowest BCUT2D eigenvalue weighted by Gasteiger charge is -2.02. The van der Waals surface area contributed by atoms with E-state index in [4.69, 9.17) is 39.2 Å². The second kappa shape index (κ2) is 5.13. The van der Waals surface area contributed by atoms with Crippen molar-refractivity contribution >= 4 is 47.0 Å². The molecule has 88 valence electrons. The summed E-state index contributed by atoms with van der Waals surface area (Å²) in [4.78, 5) is 3.89. The van der Waals surface area contributed by atoms with Crippen LogP contribution >= 0.6 is 34.8 Å². The monoisotopic (exact) mass is 287 g/mol. The first-order valence-corrected chi connectivity index (χ1v) is 5.95. The van der Waals surface area contributed by atoms with Gasteiger partial charge in [-0.1, -0.05) is 71.2 Å². The summed E-state index contributed by atoms with van der Waals surface area (Å²) in [6, 6.07) is 9.80. The van der Waals surface area contributed by atoms with E-state index in [0.717, 1.165) is 5.56 Å². The molecule has 1 heterocycles. The van der Waals surface area contributed by atoms with Crippen molar-refractivity contribution in [3.8, 4) is 0 Å². The van der Waals surface area contributed by atoms with Crippen LogP contribution in [0.5, 0.6) is 0 Å². The minimum absolute atomic E-state index is 0.0650. The topological polar surface area (TPSA) is 26.0 Å². The highest BCUT2D eigenvalue weighted by Gasteiger charge is 2.28. The maximum atomic E-state index is 5.64. The molecule has 0 bridgehead atoms. The standard InChI is InChI=1S/C12H8Cl3NO/c13-12(14,15)11-16-8-10(17-11)7-6-9-4-2-1-3-5-9/h1-8H. The third-order valence-electron chi connectivity index (χ3n) is 2.01. The van der Waals surface area contributed by atoms with E-state index < -0.39 is 3.79 Å². The number of halogens is 3. The highest BCUT2D eigenvalue weighted by Crippen LogP contribution is 2.37. The van der Waals surface area contributed by atoms with Crippen molar-refractivity contribution in [1.82, 2.24) is 4.98 Å². The Bertz CT molecular complexity index is 514. The van der Waals surface area contributed by atoms with E-state index in [-0.39, 0.29) is 5.89 Å². The first-order valence-electron chi connectivity index (χ1n) is 4.82. The predicted molar refractivity (Wildman–Crippen MR) is 71.1 cm³/mol. The first kappa shape index (κ1) is 12.5. The van der Waals surface area contributed by atoms with E-state index in [2.05, 4.69) is 4.98 Å². The molecule has 2 aromatic rings. The molecule has 0 radical (unpaired) electrons. The molecule has 1 aromatic heterocycles. The molecule has 0 aliphatic heterocycles. The molecule has 0 saturated heterocycles. The lowest BCUT2D eigenvalue weighted by atomic mass is 10.2. The van der Waals surface area contributed by atoms with Crippen LogP contribution in [-0.2, 0) is 3.79 Å². The van der Waals surface area contributed by atoms with Gasteiger partial charge in [-0.3, -0.25) is 0 Å². The van der Waals surface area contributed by atoms with Crippen molar-refractivity contribution in [2.75, 3.05) is 0 Å². The number of nitrogens with zero attached hydrogens (tertiary/aromatic N) is 1. The lowest BCUT2D eigenvalue weighted by Crippen LogP contribution is -1.99. The summed E-state index contributed by atoms with van der Waals surface area (Å²) >= 11 is 16.9. The van der Waals surface area contributed by atoms with Crippen LogP contribution in [0.25, 0.3) is 12.2 Å². The van der Waals surface area contributed by atoms with Crippen LogP contribution in [0.1, 0.15) is 17.2 Å². The van der Waals surface area contributed by atoms with Crippen molar-refractivity contribution in [2.24, 2.45) is 0 Å². The van der Waals surface area contributed by atoms with Crippen LogP contribution in [0.15, 0.2) is 40.9 Å². The third kappa shape index (κ3) is 3.50. The number of hydrogen-bond donors (Lipinski definition) is 0. The second-order valence-corrected chi connectivity index (χ2v) is 5.59. The predicted octanol–water partition coefficient (Wildman–Crippen LogP) is 4.67. The van der Waals surface area contributed by atoms with E-state index in [1.54, 1.807) is 6.08 Å². The fraction of sp³-hybridized carbons (Fsp3) is 0.0833. The molecule has 0 saturated carbocycles. The molecule has 0 aliphatic rings. The molecule has 0 N–H and O–H groups in total.